The van der Waals surface area contributed by atoms with Crippen molar-refractivity contribution in [1.82, 2.24) is 14.9 Å². The van der Waals surface area contributed by atoms with Crippen molar-refractivity contribution in [2.24, 2.45) is 5.41 Å². The zero-order valence-electron chi connectivity index (χ0n) is 25.0. The summed E-state index contributed by atoms with van der Waals surface area (Å²) in [5.41, 5.74) is 2.23. The third kappa shape index (κ3) is 4.46. The number of anilines is 3. The summed E-state index contributed by atoms with van der Waals surface area (Å²) in [6.07, 6.45) is 0.483. The summed E-state index contributed by atoms with van der Waals surface area (Å²) >= 11 is 1.18. The molecule has 1 amide bonds. The molecule has 8 rings (SSSR count). The number of carbonyl (C=O) groups is 1. The molecule has 2 atom stereocenters. The molecule has 3 saturated heterocycles. The number of carbonyl (C=O) groups excluding carboxylic acids is 1. The van der Waals surface area contributed by atoms with Crippen molar-refractivity contribution in [2.45, 2.75) is 31.0 Å². The van der Waals surface area contributed by atoms with Crippen LogP contribution in [0.2, 0.25) is 0 Å². The van der Waals surface area contributed by atoms with Gasteiger partial charge in [0.05, 0.1) is 30.7 Å². The van der Waals surface area contributed by atoms with E-state index < -0.39 is 17.5 Å². The maximum Gasteiger partial charge on any atom is 0.257 e. The predicted octanol–water partition coefficient (Wildman–Crippen LogP) is 4.06. The van der Waals surface area contributed by atoms with E-state index in [4.69, 9.17) is 9.72 Å². The highest BCUT2D eigenvalue weighted by molar-refractivity contribution is 7.16. The first-order valence-corrected chi connectivity index (χ1v) is 16.0. The van der Waals surface area contributed by atoms with Crippen molar-refractivity contribution in [3.63, 3.8) is 0 Å². The number of thiazole rings is 1. The molecule has 10 nitrogen and oxygen atoms in total. The minimum atomic E-state index is -1.44. The highest BCUT2D eigenvalue weighted by atomic mass is 32.1. The predicted molar refractivity (Wildman–Crippen MR) is 167 cm³/mol. The average molecular weight is 645 g/mol. The summed E-state index contributed by atoms with van der Waals surface area (Å²) < 4.78 is 34.7. The van der Waals surface area contributed by atoms with Gasteiger partial charge in [0.1, 0.15) is 28.0 Å². The van der Waals surface area contributed by atoms with Gasteiger partial charge in [-0.3, -0.25) is 4.79 Å². The molecule has 0 bridgehead atoms. The molecule has 0 unspecified atom stereocenters. The molecule has 3 fully saturated rings. The topological polar surface area (TPSA) is 126 Å². The molecular weight excluding hydrogens is 614 g/mol. The molecule has 1 aliphatic carbocycles. The van der Waals surface area contributed by atoms with Gasteiger partial charge in [-0.05, 0) is 49.2 Å². The fraction of sp³-hybridized carbons (Fsp3) is 0.394. The van der Waals surface area contributed by atoms with Crippen LogP contribution in [0.25, 0.3) is 22.2 Å². The number of benzene rings is 2. The van der Waals surface area contributed by atoms with E-state index in [1.54, 1.807) is 24.1 Å². The second-order valence-electron chi connectivity index (χ2n) is 12.9. The number of likely N-dealkylation sites (tertiary alicyclic amines) is 1. The molecule has 2 aromatic heterocycles. The van der Waals surface area contributed by atoms with Crippen LogP contribution in [0.15, 0.2) is 36.4 Å². The molecule has 236 valence electrons. The Hall–Kier alpha value is -4.22. The molecule has 0 saturated carbocycles. The highest BCUT2D eigenvalue weighted by Crippen LogP contribution is 2.48. The normalized spacial score (nSPS) is 22.9. The first kappa shape index (κ1) is 29.2. The number of rotatable bonds is 5. The highest BCUT2D eigenvalue weighted by Gasteiger charge is 2.56. The number of ether oxygens (including phenoxy) is 1. The Bertz CT molecular complexity index is 1940. The molecule has 13 heteroatoms. The summed E-state index contributed by atoms with van der Waals surface area (Å²) in [7, 11) is 1.81. The van der Waals surface area contributed by atoms with E-state index >= 15 is 4.39 Å². The Morgan fingerprint density at radius 1 is 1.17 bits per heavy atom. The Morgan fingerprint density at radius 3 is 2.63 bits per heavy atom. The number of aromatic nitrogens is 2. The smallest absolute Gasteiger partial charge is 0.257 e. The molecule has 5 heterocycles. The van der Waals surface area contributed by atoms with Gasteiger partial charge in [-0.15, -0.1) is 0 Å². The van der Waals surface area contributed by atoms with Crippen molar-refractivity contribution in [3.8, 4) is 17.3 Å². The number of hydrogen-bond acceptors (Lipinski definition) is 10. The zero-order chi connectivity index (χ0) is 32.0. The van der Waals surface area contributed by atoms with Gasteiger partial charge < -0.3 is 29.6 Å². The second-order valence-corrected chi connectivity index (χ2v) is 13.9. The number of fused-ring (bicyclic) bond motifs is 2. The van der Waals surface area contributed by atoms with Crippen LogP contribution in [-0.2, 0) is 16.0 Å². The van der Waals surface area contributed by atoms with Crippen LogP contribution in [0.3, 0.4) is 0 Å². The van der Waals surface area contributed by atoms with E-state index in [2.05, 4.69) is 16.0 Å². The molecule has 1 spiro atoms. The van der Waals surface area contributed by atoms with Gasteiger partial charge >= 0.3 is 0 Å². The number of amides is 1. The number of pyridine rings is 1. The number of aliphatic hydroxyl groups is 2. The van der Waals surface area contributed by atoms with Gasteiger partial charge in [0, 0.05) is 67.3 Å². The summed E-state index contributed by atoms with van der Waals surface area (Å²) in [5.74, 6) is -1.19. The van der Waals surface area contributed by atoms with E-state index in [0.29, 0.717) is 95.8 Å². The Labute approximate surface area is 267 Å². The van der Waals surface area contributed by atoms with Crippen LogP contribution < -0.4 is 9.80 Å². The molecule has 46 heavy (non-hydrogen) atoms. The summed E-state index contributed by atoms with van der Waals surface area (Å²) in [4.78, 5) is 28.2. The van der Waals surface area contributed by atoms with Crippen LogP contribution in [-0.4, -0.2) is 83.0 Å². The molecule has 0 radical (unpaired) electrons. The number of nitrogens with zero attached hydrogens (tertiary/aromatic N) is 6. The Morgan fingerprint density at radius 2 is 1.93 bits per heavy atom. The third-order valence-corrected chi connectivity index (χ3v) is 10.8. The number of nitriles is 1. The molecule has 2 N–H and O–H groups in total. The lowest BCUT2D eigenvalue weighted by atomic mass is 9.72. The molecule has 2 aromatic carbocycles. The van der Waals surface area contributed by atoms with Crippen molar-refractivity contribution in [1.29, 1.82) is 5.26 Å². The zero-order valence-corrected chi connectivity index (χ0v) is 25.8. The van der Waals surface area contributed by atoms with E-state index in [0.717, 1.165) is 5.56 Å². The van der Waals surface area contributed by atoms with E-state index in [1.165, 1.54) is 29.5 Å². The summed E-state index contributed by atoms with van der Waals surface area (Å²) in [6.45, 7) is 2.73. The Balaban J connectivity index is 1.12. The van der Waals surface area contributed by atoms with Gasteiger partial charge in [-0.1, -0.05) is 11.3 Å². The monoisotopic (exact) mass is 644 g/mol. The lowest BCUT2D eigenvalue weighted by molar-refractivity contribution is -0.165. The fourth-order valence-corrected chi connectivity index (χ4v) is 8.21. The number of halogens is 2. The molecule has 3 aliphatic heterocycles. The molecular formula is C33H30F2N6O4S. The maximum atomic E-state index is 15.9. The Kier molecular flexibility index (Phi) is 6.60. The maximum absolute atomic E-state index is 15.9. The van der Waals surface area contributed by atoms with Crippen molar-refractivity contribution in [2.75, 3.05) is 56.2 Å². The van der Waals surface area contributed by atoms with Gasteiger partial charge in [0.2, 0.25) is 0 Å². The first-order chi connectivity index (χ1) is 22.1. The number of aliphatic hydroxyl groups excluding tert-OH is 1. The van der Waals surface area contributed by atoms with Crippen LogP contribution in [0, 0.1) is 28.4 Å². The van der Waals surface area contributed by atoms with Gasteiger partial charge in [-0.25, -0.2) is 18.7 Å². The summed E-state index contributed by atoms with van der Waals surface area (Å²) in [5, 5.41) is 32.3. The minimum absolute atomic E-state index is 0.0235. The van der Waals surface area contributed by atoms with Crippen molar-refractivity contribution >= 4 is 44.7 Å². The lowest BCUT2D eigenvalue weighted by Crippen LogP contribution is -2.74. The fourth-order valence-electron chi connectivity index (χ4n) is 7.35. The van der Waals surface area contributed by atoms with Crippen LogP contribution in [0.1, 0.15) is 35.1 Å². The minimum Gasteiger partial charge on any atom is -0.387 e. The third-order valence-electron chi connectivity index (χ3n) is 9.73. The largest absolute Gasteiger partial charge is 0.387 e. The first-order valence-electron chi connectivity index (χ1n) is 15.2. The molecule has 4 aromatic rings. The van der Waals surface area contributed by atoms with Crippen molar-refractivity contribution < 1.29 is 28.5 Å². The average Bonchev–Trinajstić information content (AvgIpc) is 3.74. The van der Waals surface area contributed by atoms with Crippen molar-refractivity contribution in [3.05, 3.63) is 64.2 Å². The lowest BCUT2D eigenvalue weighted by Gasteiger charge is -2.61. The van der Waals surface area contributed by atoms with Gasteiger partial charge in [0.25, 0.3) is 5.91 Å². The van der Waals surface area contributed by atoms with Crippen LogP contribution in [0.5, 0.6) is 0 Å². The quantitative estimate of drug-likeness (QED) is 0.331. The SMILES string of the molecule is CN(c1nc(-c2ccc(F)cc2)c(C#N)s1)c1c2c(nc3c(F)cc(N4CC5(CN(C(=O)[C@@]6(O)CCOC6)C5)C4)cc13)[C@H](O)CC2. The van der Waals surface area contributed by atoms with E-state index in [-0.39, 0.29) is 29.3 Å². The summed E-state index contributed by atoms with van der Waals surface area (Å²) in [6, 6.07) is 11.4. The van der Waals surface area contributed by atoms with Gasteiger partial charge in [0.15, 0.2) is 16.5 Å². The van der Waals surface area contributed by atoms with Crippen LogP contribution >= 0.6 is 11.3 Å². The van der Waals surface area contributed by atoms with E-state index in [1.807, 2.05) is 11.0 Å². The standard InChI is InChI=1S/C33H30F2N6O4S/c1-39(31-38-26(25(12-36)46-31)18-2-4-19(34)5-3-18)29-21-6-7-24(42)28(21)37-27-22(29)10-20(11-23(27)35)40-13-32(14-40)15-41(16-32)30(43)33(44)8-9-45-17-33/h2-5,10-11,24,42,44H,6-9,13-17H2,1H3/t24-,33-/m1/s1. The molecule has 4 aliphatic rings. The van der Waals surface area contributed by atoms with Crippen LogP contribution in [0.4, 0.5) is 25.3 Å². The van der Waals surface area contributed by atoms with Gasteiger partial charge in [-0.2, -0.15) is 5.26 Å². The van der Waals surface area contributed by atoms with E-state index in [9.17, 15) is 24.7 Å². The second kappa shape index (κ2) is 10.4. The number of hydrogen-bond donors (Lipinski definition) is 2.